The van der Waals surface area contributed by atoms with Gasteiger partial charge in [0.15, 0.2) is 0 Å². The summed E-state index contributed by atoms with van der Waals surface area (Å²) in [5.74, 6) is 0.203. The maximum absolute atomic E-state index is 12.1. The molecule has 146 valence electrons. The van der Waals surface area contributed by atoms with Crippen LogP contribution in [0.3, 0.4) is 0 Å². The van der Waals surface area contributed by atoms with Gasteiger partial charge in [0, 0.05) is 25.6 Å². The van der Waals surface area contributed by atoms with Gasteiger partial charge in [0.05, 0.1) is 4.90 Å². The number of sulfonamides is 1. The molecule has 0 aromatic heterocycles. The van der Waals surface area contributed by atoms with Crippen LogP contribution in [-0.2, 0) is 14.8 Å². The van der Waals surface area contributed by atoms with Crippen molar-refractivity contribution >= 4 is 15.9 Å². The summed E-state index contributed by atoms with van der Waals surface area (Å²) >= 11 is 0. The van der Waals surface area contributed by atoms with Crippen molar-refractivity contribution in [3.05, 3.63) is 65.7 Å². The third-order valence-corrected chi connectivity index (χ3v) is 5.73. The summed E-state index contributed by atoms with van der Waals surface area (Å²) in [6.45, 7) is 4.58. The summed E-state index contributed by atoms with van der Waals surface area (Å²) in [5.41, 5.74) is 8.30. The molecule has 0 aliphatic heterocycles. The second kappa shape index (κ2) is 9.64. The normalized spacial score (nSPS) is 12.7. The first-order valence-corrected chi connectivity index (χ1v) is 10.4. The molecule has 27 heavy (non-hydrogen) atoms. The van der Waals surface area contributed by atoms with Crippen molar-refractivity contribution in [3.63, 3.8) is 0 Å². The zero-order chi connectivity index (χ0) is 19.9. The van der Waals surface area contributed by atoms with Gasteiger partial charge in [-0.2, -0.15) is 0 Å². The minimum atomic E-state index is -3.60. The molecule has 2 aromatic rings. The Hall–Kier alpha value is -2.22. The second-order valence-corrected chi connectivity index (χ2v) is 8.46. The van der Waals surface area contributed by atoms with Crippen molar-refractivity contribution in [3.8, 4) is 0 Å². The Morgan fingerprint density at radius 1 is 1.00 bits per heavy atom. The molecule has 7 heteroatoms. The fraction of sp³-hybridized carbons (Fsp3) is 0.350. The average molecular weight is 390 g/mol. The van der Waals surface area contributed by atoms with Gasteiger partial charge in [-0.1, -0.05) is 56.3 Å². The lowest BCUT2D eigenvalue weighted by Gasteiger charge is -2.15. The number of hydrogen-bond acceptors (Lipinski definition) is 4. The molecule has 0 fully saturated rings. The van der Waals surface area contributed by atoms with Crippen molar-refractivity contribution in [2.45, 2.75) is 37.1 Å². The third-order valence-electron chi connectivity index (χ3n) is 4.25. The fourth-order valence-electron chi connectivity index (χ4n) is 2.54. The molecular weight excluding hydrogens is 362 g/mol. The zero-order valence-corrected chi connectivity index (χ0v) is 16.5. The predicted octanol–water partition coefficient (Wildman–Crippen LogP) is 2.29. The first kappa shape index (κ1) is 21.1. The number of benzene rings is 2. The topological polar surface area (TPSA) is 101 Å². The van der Waals surface area contributed by atoms with Crippen molar-refractivity contribution in [1.82, 2.24) is 10.0 Å². The number of nitrogens with two attached hydrogens (primary N) is 1. The van der Waals surface area contributed by atoms with Crippen molar-refractivity contribution in [1.29, 1.82) is 0 Å². The number of nitrogens with one attached hydrogen (secondary N) is 2. The Morgan fingerprint density at radius 2 is 1.59 bits per heavy atom. The third kappa shape index (κ3) is 6.46. The van der Waals surface area contributed by atoms with Gasteiger partial charge in [-0.15, -0.1) is 0 Å². The number of amides is 1. The highest BCUT2D eigenvalue weighted by Crippen LogP contribution is 2.17. The Kier molecular flexibility index (Phi) is 7.53. The highest BCUT2D eigenvalue weighted by Gasteiger charge is 2.14. The molecule has 0 radical (unpaired) electrons. The minimum absolute atomic E-state index is 0.0292. The van der Waals surface area contributed by atoms with Gasteiger partial charge in [-0.25, -0.2) is 13.1 Å². The lowest BCUT2D eigenvalue weighted by atomic mass is 9.99. The maximum Gasteiger partial charge on any atom is 0.240 e. The van der Waals surface area contributed by atoms with Gasteiger partial charge in [-0.05, 0) is 29.2 Å². The first-order chi connectivity index (χ1) is 12.8. The quantitative estimate of drug-likeness (QED) is 0.612. The molecule has 2 aromatic carbocycles. The maximum atomic E-state index is 12.1. The second-order valence-electron chi connectivity index (χ2n) is 6.69. The molecular formula is C20H27N3O3S. The van der Waals surface area contributed by atoms with Crippen molar-refractivity contribution in [2.24, 2.45) is 5.73 Å². The number of rotatable bonds is 9. The van der Waals surface area contributed by atoms with E-state index in [4.69, 9.17) is 5.73 Å². The Labute approximate surface area is 161 Å². The largest absolute Gasteiger partial charge is 0.354 e. The molecule has 0 aliphatic rings. The van der Waals surface area contributed by atoms with E-state index in [9.17, 15) is 13.2 Å². The summed E-state index contributed by atoms with van der Waals surface area (Å²) in [5, 5.41) is 2.75. The number of hydrogen-bond donors (Lipinski definition) is 3. The van der Waals surface area contributed by atoms with Crippen LogP contribution in [0.4, 0.5) is 0 Å². The number of carbonyl (C=O) groups is 1. The minimum Gasteiger partial charge on any atom is -0.354 e. The summed E-state index contributed by atoms with van der Waals surface area (Å²) in [7, 11) is -3.60. The molecule has 0 saturated heterocycles. The van der Waals surface area contributed by atoms with E-state index in [2.05, 4.69) is 23.9 Å². The van der Waals surface area contributed by atoms with Gasteiger partial charge < -0.3 is 11.1 Å². The molecule has 0 bridgehead atoms. The van der Waals surface area contributed by atoms with Crippen LogP contribution < -0.4 is 15.8 Å². The van der Waals surface area contributed by atoms with Gasteiger partial charge in [0.25, 0.3) is 0 Å². The molecule has 6 nitrogen and oxygen atoms in total. The molecule has 1 atom stereocenters. The fourth-order valence-corrected chi connectivity index (χ4v) is 3.59. The van der Waals surface area contributed by atoms with Crippen molar-refractivity contribution < 1.29 is 13.2 Å². The van der Waals surface area contributed by atoms with E-state index in [1.165, 1.54) is 17.7 Å². The van der Waals surface area contributed by atoms with Crippen LogP contribution in [0.15, 0.2) is 59.5 Å². The van der Waals surface area contributed by atoms with Crippen LogP contribution in [0.1, 0.15) is 43.4 Å². The van der Waals surface area contributed by atoms with Gasteiger partial charge in [0.2, 0.25) is 15.9 Å². The highest BCUT2D eigenvalue weighted by molar-refractivity contribution is 7.89. The molecule has 0 saturated carbocycles. The van der Waals surface area contributed by atoms with Gasteiger partial charge in [-0.3, -0.25) is 4.79 Å². The molecule has 1 unspecified atom stereocenters. The lowest BCUT2D eigenvalue weighted by molar-refractivity contribution is -0.121. The smallest absolute Gasteiger partial charge is 0.240 e. The van der Waals surface area contributed by atoms with Crippen LogP contribution in [0.5, 0.6) is 0 Å². The van der Waals surface area contributed by atoms with E-state index in [0.717, 1.165) is 5.56 Å². The predicted molar refractivity (Wildman–Crippen MR) is 107 cm³/mol. The van der Waals surface area contributed by atoms with E-state index in [0.29, 0.717) is 12.5 Å². The SMILES string of the molecule is CC(C)c1ccc(C(N)CNC(=O)CCNS(=O)(=O)c2ccccc2)cc1. The standard InChI is InChI=1S/C20H27N3O3S/c1-15(2)16-8-10-17(11-9-16)19(21)14-22-20(24)12-13-23-27(25,26)18-6-4-3-5-7-18/h3-11,15,19,23H,12-14,21H2,1-2H3,(H,22,24). The Balaban J connectivity index is 1.76. The van der Waals surface area contributed by atoms with E-state index >= 15 is 0 Å². The van der Waals surface area contributed by atoms with Crippen molar-refractivity contribution in [2.75, 3.05) is 13.1 Å². The summed E-state index contributed by atoms with van der Waals surface area (Å²) in [6.07, 6.45) is 0.0467. The summed E-state index contributed by atoms with van der Waals surface area (Å²) < 4.78 is 26.6. The first-order valence-electron chi connectivity index (χ1n) is 8.96. The Bertz CT molecular complexity index is 835. The molecule has 2 rings (SSSR count). The molecule has 0 spiro atoms. The van der Waals surface area contributed by atoms with Gasteiger partial charge >= 0.3 is 0 Å². The monoisotopic (exact) mass is 389 g/mol. The van der Waals surface area contributed by atoms with Gasteiger partial charge in [0.1, 0.15) is 0 Å². The van der Waals surface area contributed by atoms with Crippen LogP contribution >= 0.6 is 0 Å². The van der Waals surface area contributed by atoms with Crippen LogP contribution in [0, 0.1) is 0 Å². The van der Waals surface area contributed by atoms with Crippen LogP contribution in [0.25, 0.3) is 0 Å². The Morgan fingerprint density at radius 3 is 2.19 bits per heavy atom. The molecule has 4 N–H and O–H groups in total. The lowest BCUT2D eigenvalue weighted by Crippen LogP contribution is -2.34. The van der Waals surface area contributed by atoms with Crippen LogP contribution in [-0.4, -0.2) is 27.4 Å². The zero-order valence-electron chi connectivity index (χ0n) is 15.7. The van der Waals surface area contributed by atoms with Crippen LogP contribution in [0.2, 0.25) is 0 Å². The molecule has 0 heterocycles. The van der Waals surface area contributed by atoms with E-state index in [-0.39, 0.29) is 29.8 Å². The highest BCUT2D eigenvalue weighted by atomic mass is 32.2. The summed E-state index contributed by atoms with van der Waals surface area (Å²) in [6, 6.07) is 15.8. The molecule has 1 amide bonds. The van der Waals surface area contributed by atoms with E-state index in [1.54, 1.807) is 18.2 Å². The van der Waals surface area contributed by atoms with E-state index < -0.39 is 10.0 Å². The average Bonchev–Trinajstić information content (AvgIpc) is 2.66. The summed E-state index contributed by atoms with van der Waals surface area (Å²) in [4.78, 5) is 12.1. The molecule has 0 aliphatic carbocycles. The number of carbonyl (C=O) groups excluding carboxylic acids is 1. The van der Waals surface area contributed by atoms with E-state index in [1.807, 2.05) is 24.3 Å².